The van der Waals surface area contributed by atoms with E-state index in [1.54, 1.807) is 31.2 Å². The molecule has 0 saturated heterocycles. The average molecular weight is 310 g/mol. The first-order chi connectivity index (χ1) is 9.81. The van der Waals surface area contributed by atoms with Gasteiger partial charge >= 0.3 is 5.97 Å². The first-order valence-electron chi connectivity index (χ1n) is 5.97. The molecule has 2 rings (SSSR count). The lowest BCUT2D eigenvalue weighted by molar-refractivity contribution is -0.139. The summed E-state index contributed by atoms with van der Waals surface area (Å²) in [5.41, 5.74) is 1.18. The van der Waals surface area contributed by atoms with Gasteiger partial charge in [-0.1, -0.05) is 35.0 Å². The summed E-state index contributed by atoms with van der Waals surface area (Å²) in [7, 11) is -2.64. The number of sulfonamides is 1. The zero-order valence-corrected chi connectivity index (χ0v) is 12.2. The topological polar surface area (TPSA) is 114 Å². The Labute approximate surface area is 121 Å². The number of carbonyl (C=O) groups is 1. The van der Waals surface area contributed by atoms with E-state index in [-0.39, 0.29) is 5.03 Å². The molecule has 0 fully saturated rings. The second-order valence-electron chi connectivity index (χ2n) is 4.50. The molecule has 0 aliphatic rings. The molecule has 2 aromatic rings. The Morgan fingerprint density at radius 1 is 1.43 bits per heavy atom. The molecule has 0 spiro atoms. The molecule has 0 saturated carbocycles. The van der Waals surface area contributed by atoms with Crippen LogP contribution in [-0.4, -0.2) is 34.5 Å². The molecule has 0 radical (unpaired) electrons. The van der Waals surface area contributed by atoms with E-state index in [2.05, 4.69) is 15.0 Å². The molecule has 1 atom stereocenters. The van der Waals surface area contributed by atoms with Crippen LogP contribution in [0.5, 0.6) is 0 Å². The Morgan fingerprint density at radius 3 is 2.67 bits per heavy atom. The van der Waals surface area contributed by atoms with Gasteiger partial charge in [0.2, 0.25) is 0 Å². The van der Waals surface area contributed by atoms with Crippen LogP contribution in [0.25, 0.3) is 0 Å². The fourth-order valence-electron chi connectivity index (χ4n) is 1.85. The van der Waals surface area contributed by atoms with Crippen LogP contribution in [0, 0.1) is 6.92 Å². The van der Waals surface area contributed by atoms with Crippen molar-refractivity contribution >= 4 is 16.0 Å². The number of aliphatic carboxylic acids is 1. The van der Waals surface area contributed by atoms with Crippen molar-refractivity contribution in [2.24, 2.45) is 7.05 Å². The maximum absolute atomic E-state index is 12.2. The molecule has 0 aliphatic carbocycles. The van der Waals surface area contributed by atoms with Crippen LogP contribution in [0.3, 0.4) is 0 Å². The number of rotatable bonds is 5. The number of hydrogen-bond acceptors (Lipinski definition) is 5. The van der Waals surface area contributed by atoms with E-state index in [4.69, 9.17) is 0 Å². The van der Waals surface area contributed by atoms with E-state index in [0.29, 0.717) is 5.56 Å². The highest BCUT2D eigenvalue weighted by molar-refractivity contribution is 7.89. The minimum absolute atomic E-state index is 0.207. The minimum atomic E-state index is -4.05. The van der Waals surface area contributed by atoms with Gasteiger partial charge in [0.15, 0.2) is 5.03 Å². The summed E-state index contributed by atoms with van der Waals surface area (Å²) in [6.45, 7) is 1.79. The highest BCUT2D eigenvalue weighted by Gasteiger charge is 2.29. The molecular formula is C12H14N4O4S. The number of carboxylic acids is 1. The van der Waals surface area contributed by atoms with E-state index in [1.807, 2.05) is 0 Å². The van der Waals surface area contributed by atoms with E-state index in [1.165, 1.54) is 7.05 Å². The number of nitrogens with one attached hydrogen (secondary N) is 1. The first kappa shape index (κ1) is 15.1. The van der Waals surface area contributed by atoms with Crippen LogP contribution in [-0.2, 0) is 21.9 Å². The minimum Gasteiger partial charge on any atom is -0.480 e. The summed E-state index contributed by atoms with van der Waals surface area (Å²) in [6.07, 6.45) is 1.05. The van der Waals surface area contributed by atoms with Crippen LogP contribution >= 0.6 is 0 Å². The lowest BCUT2D eigenvalue weighted by Gasteiger charge is -2.15. The molecular weight excluding hydrogens is 296 g/mol. The number of carboxylic acid groups (broad SMARTS) is 1. The van der Waals surface area contributed by atoms with Gasteiger partial charge in [0.25, 0.3) is 10.0 Å². The molecule has 2 N–H and O–H groups in total. The Bertz CT molecular complexity index is 769. The van der Waals surface area contributed by atoms with Crippen molar-refractivity contribution in [3.63, 3.8) is 0 Å². The third-order valence-corrected chi connectivity index (χ3v) is 4.31. The van der Waals surface area contributed by atoms with Gasteiger partial charge in [0, 0.05) is 7.05 Å². The molecule has 0 bridgehead atoms. The lowest BCUT2D eigenvalue weighted by Crippen LogP contribution is -2.34. The van der Waals surface area contributed by atoms with Gasteiger partial charge in [-0.05, 0) is 12.5 Å². The molecule has 21 heavy (non-hydrogen) atoms. The van der Waals surface area contributed by atoms with Crippen LogP contribution in [0.1, 0.15) is 17.2 Å². The van der Waals surface area contributed by atoms with Crippen molar-refractivity contribution in [1.29, 1.82) is 0 Å². The average Bonchev–Trinajstić information content (AvgIpc) is 2.83. The van der Waals surface area contributed by atoms with E-state index in [9.17, 15) is 18.3 Å². The van der Waals surface area contributed by atoms with Gasteiger partial charge in [-0.2, -0.15) is 4.72 Å². The molecule has 1 aromatic heterocycles. The Morgan fingerprint density at radius 2 is 2.14 bits per heavy atom. The normalized spacial score (nSPS) is 13.0. The van der Waals surface area contributed by atoms with Crippen LogP contribution in [0.2, 0.25) is 0 Å². The molecule has 0 amide bonds. The summed E-state index contributed by atoms with van der Waals surface area (Å²) < 4.78 is 27.6. The molecule has 9 heteroatoms. The van der Waals surface area contributed by atoms with Crippen LogP contribution in [0.15, 0.2) is 35.5 Å². The third kappa shape index (κ3) is 3.26. The van der Waals surface area contributed by atoms with Crippen LogP contribution < -0.4 is 4.72 Å². The third-order valence-electron chi connectivity index (χ3n) is 2.84. The van der Waals surface area contributed by atoms with Gasteiger partial charge < -0.3 is 5.11 Å². The van der Waals surface area contributed by atoms with Gasteiger partial charge in [-0.15, -0.1) is 5.10 Å². The fraction of sp³-hybridized carbons (Fsp3) is 0.250. The quantitative estimate of drug-likeness (QED) is 0.817. The monoisotopic (exact) mass is 310 g/mol. The number of benzene rings is 1. The predicted octanol–water partition coefficient (Wildman–Crippen LogP) is 0.228. The smallest absolute Gasteiger partial charge is 0.326 e. The summed E-state index contributed by atoms with van der Waals surface area (Å²) in [5.74, 6) is -1.29. The SMILES string of the molecule is Cc1cccc(C(NS(=O)(=O)c2cnnn2C)C(=O)O)c1. The molecule has 112 valence electrons. The van der Waals surface area contributed by atoms with E-state index < -0.39 is 22.0 Å². The van der Waals surface area contributed by atoms with Crippen molar-refractivity contribution in [2.45, 2.75) is 18.0 Å². The maximum atomic E-state index is 12.2. The highest BCUT2D eigenvalue weighted by atomic mass is 32.2. The van der Waals surface area contributed by atoms with E-state index in [0.717, 1.165) is 16.4 Å². The Hall–Kier alpha value is -2.26. The fourth-order valence-corrected chi connectivity index (χ4v) is 3.09. The van der Waals surface area contributed by atoms with E-state index >= 15 is 0 Å². The number of aryl methyl sites for hydroxylation is 2. The molecule has 8 nitrogen and oxygen atoms in total. The first-order valence-corrected chi connectivity index (χ1v) is 7.46. The van der Waals surface area contributed by atoms with Crippen molar-refractivity contribution in [1.82, 2.24) is 19.7 Å². The number of aromatic nitrogens is 3. The zero-order valence-electron chi connectivity index (χ0n) is 11.4. The summed E-state index contributed by atoms with van der Waals surface area (Å²) in [4.78, 5) is 11.4. The van der Waals surface area contributed by atoms with Crippen molar-refractivity contribution in [2.75, 3.05) is 0 Å². The number of hydrogen-bond donors (Lipinski definition) is 2. The van der Waals surface area contributed by atoms with Gasteiger partial charge in [0.1, 0.15) is 6.04 Å². The van der Waals surface area contributed by atoms with Crippen molar-refractivity contribution in [3.8, 4) is 0 Å². The molecule has 1 unspecified atom stereocenters. The van der Waals surface area contributed by atoms with Crippen LogP contribution in [0.4, 0.5) is 0 Å². The van der Waals surface area contributed by atoms with Gasteiger partial charge in [-0.3, -0.25) is 4.79 Å². The second-order valence-corrected chi connectivity index (χ2v) is 6.16. The molecule has 0 aliphatic heterocycles. The lowest BCUT2D eigenvalue weighted by atomic mass is 10.1. The Balaban J connectivity index is 2.38. The van der Waals surface area contributed by atoms with Gasteiger partial charge in [-0.25, -0.2) is 13.1 Å². The summed E-state index contributed by atoms with van der Waals surface area (Å²) >= 11 is 0. The zero-order chi connectivity index (χ0) is 15.6. The number of nitrogens with zero attached hydrogens (tertiary/aromatic N) is 3. The van der Waals surface area contributed by atoms with Crippen molar-refractivity contribution in [3.05, 3.63) is 41.6 Å². The summed E-state index contributed by atoms with van der Waals surface area (Å²) in [5, 5.41) is 16.1. The molecule has 1 heterocycles. The molecule has 1 aromatic carbocycles. The largest absolute Gasteiger partial charge is 0.480 e. The highest BCUT2D eigenvalue weighted by Crippen LogP contribution is 2.18. The van der Waals surface area contributed by atoms with Gasteiger partial charge in [0.05, 0.1) is 6.20 Å². The Kier molecular flexibility index (Phi) is 4.05. The van der Waals surface area contributed by atoms with Crippen molar-refractivity contribution < 1.29 is 18.3 Å². The predicted molar refractivity (Wildman–Crippen MR) is 72.9 cm³/mol. The maximum Gasteiger partial charge on any atom is 0.326 e. The standard InChI is InChI=1S/C12H14N4O4S/c1-8-4-3-5-9(6-8)11(12(17)18)14-21(19,20)10-7-13-15-16(10)2/h3-7,11,14H,1-2H3,(H,17,18). The summed E-state index contributed by atoms with van der Waals surface area (Å²) in [6, 6.07) is 5.24. The second kappa shape index (κ2) is 5.62.